The van der Waals surface area contributed by atoms with E-state index in [0.29, 0.717) is 5.54 Å². The molecule has 1 saturated heterocycles. The largest absolute Gasteiger partial charge is 0.309 e. The average Bonchev–Trinajstić information content (AvgIpc) is 3.33. The zero-order valence-electron chi connectivity index (χ0n) is 12.7. The number of fused-ring (bicyclic) bond motifs is 1. The van der Waals surface area contributed by atoms with Gasteiger partial charge in [0.05, 0.1) is 5.52 Å². The summed E-state index contributed by atoms with van der Waals surface area (Å²) in [5, 5.41) is 5.00. The van der Waals surface area contributed by atoms with E-state index in [1.54, 1.807) is 0 Å². The molecule has 3 nitrogen and oxygen atoms in total. The molecule has 0 bridgehead atoms. The molecule has 110 valence electrons. The average molecular weight is 281 g/mol. The molecular weight excluding hydrogens is 258 g/mol. The molecular formula is C18H23N3. The van der Waals surface area contributed by atoms with Crippen LogP contribution in [-0.4, -0.2) is 35.1 Å². The number of rotatable bonds is 3. The van der Waals surface area contributed by atoms with Gasteiger partial charge in [0, 0.05) is 43.3 Å². The van der Waals surface area contributed by atoms with E-state index in [-0.39, 0.29) is 0 Å². The first-order chi connectivity index (χ1) is 10.2. The van der Waals surface area contributed by atoms with Gasteiger partial charge in [-0.1, -0.05) is 24.3 Å². The Morgan fingerprint density at radius 1 is 1.29 bits per heavy atom. The minimum atomic E-state index is 0.316. The van der Waals surface area contributed by atoms with Crippen LogP contribution >= 0.6 is 0 Å². The van der Waals surface area contributed by atoms with Crippen molar-refractivity contribution >= 4 is 10.9 Å². The highest BCUT2D eigenvalue weighted by atomic mass is 15.2. The molecule has 0 amide bonds. The molecule has 0 spiro atoms. The van der Waals surface area contributed by atoms with E-state index < -0.39 is 0 Å². The predicted molar refractivity (Wildman–Crippen MR) is 86.2 cm³/mol. The Morgan fingerprint density at radius 3 is 3.00 bits per heavy atom. The van der Waals surface area contributed by atoms with Crippen molar-refractivity contribution in [2.45, 2.75) is 31.8 Å². The second-order valence-electron chi connectivity index (χ2n) is 6.82. The van der Waals surface area contributed by atoms with E-state index in [4.69, 9.17) is 0 Å². The van der Waals surface area contributed by atoms with Crippen LogP contribution in [0.3, 0.4) is 0 Å². The number of pyridine rings is 1. The standard InChI is InChI=1S/C18H23N3/c1-18(16-7-8-16)13-21(11-10-20-18)12-15-5-2-4-14-6-3-9-19-17(14)15/h2-6,9,16,20H,7-8,10-13H2,1H3. The first-order valence-electron chi connectivity index (χ1n) is 8.05. The van der Waals surface area contributed by atoms with Crippen molar-refractivity contribution in [3.8, 4) is 0 Å². The molecule has 2 fully saturated rings. The summed E-state index contributed by atoms with van der Waals surface area (Å²) in [6, 6.07) is 10.7. The van der Waals surface area contributed by atoms with Gasteiger partial charge in [0.1, 0.15) is 0 Å². The van der Waals surface area contributed by atoms with Crippen molar-refractivity contribution in [2.75, 3.05) is 19.6 Å². The number of hydrogen-bond acceptors (Lipinski definition) is 3. The lowest BCUT2D eigenvalue weighted by molar-refractivity contribution is 0.122. The van der Waals surface area contributed by atoms with E-state index in [9.17, 15) is 0 Å². The van der Waals surface area contributed by atoms with Crippen LogP contribution in [0.4, 0.5) is 0 Å². The summed E-state index contributed by atoms with van der Waals surface area (Å²) in [6.45, 7) is 6.80. The highest BCUT2D eigenvalue weighted by Crippen LogP contribution is 2.41. The Morgan fingerprint density at radius 2 is 2.14 bits per heavy atom. The number of benzene rings is 1. The van der Waals surface area contributed by atoms with Gasteiger partial charge >= 0.3 is 0 Å². The maximum absolute atomic E-state index is 4.59. The molecule has 2 aliphatic rings. The van der Waals surface area contributed by atoms with E-state index in [2.05, 4.69) is 46.4 Å². The molecule has 1 N–H and O–H groups in total. The van der Waals surface area contributed by atoms with Crippen LogP contribution in [-0.2, 0) is 6.54 Å². The van der Waals surface area contributed by atoms with Gasteiger partial charge in [-0.3, -0.25) is 9.88 Å². The molecule has 1 unspecified atom stereocenters. The Kier molecular flexibility index (Phi) is 3.20. The molecule has 1 aliphatic heterocycles. The van der Waals surface area contributed by atoms with Crippen molar-refractivity contribution in [1.29, 1.82) is 0 Å². The number of nitrogens with zero attached hydrogens (tertiary/aromatic N) is 2. The number of hydrogen-bond donors (Lipinski definition) is 1. The third kappa shape index (κ3) is 2.56. The molecule has 2 aromatic rings. The first-order valence-corrected chi connectivity index (χ1v) is 8.05. The molecule has 1 atom stereocenters. The zero-order valence-corrected chi connectivity index (χ0v) is 12.7. The van der Waals surface area contributed by atoms with Gasteiger partial charge in [-0.15, -0.1) is 0 Å². The molecule has 2 heterocycles. The molecule has 1 saturated carbocycles. The fourth-order valence-electron chi connectivity index (χ4n) is 3.76. The number of nitrogens with one attached hydrogen (secondary N) is 1. The van der Waals surface area contributed by atoms with Crippen LogP contribution < -0.4 is 5.32 Å². The van der Waals surface area contributed by atoms with Gasteiger partial charge in [0.25, 0.3) is 0 Å². The zero-order chi connectivity index (χ0) is 14.3. The van der Waals surface area contributed by atoms with Gasteiger partial charge in [-0.05, 0) is 37.3 Å². The number of para-hydroxylation sites is 1. The van der Waals surface area contributed by atoms with Gasteiger partial charge in [-0.2, -0.15) is 0 Å². The summed E-state index contributed by atoms with van der Waals surface area (Å²) in [7, 11) is 0. The Hall–Kier alpha value is -1.45. The first kappa shape index (κ1) is 13.2. The van der Waals surface area contributed by atoms with Crippen molar-refractivity contribution in [2.24, 2.45) is 5.92 Å². The summed E-state index contributed by atoms with van der Waals surface area (Å²) in [5.41, 5.74) is 2.83. The molecule has 0 radical (unpaired) electrons. The third-order valence-electron chi connectivity index (χ3n) is 5.10. The molecule has 1 aromatic carbocycles. The van der Waals surface area contributed by atoms with Crippen molar-refractivity contribution in [1.82, 2.24) is 15.2 Å². The van der Waals surface area contributed by atoms with Crippen LogP contribution in [0.25, 0.3) is 10.9 Å². The topological polar surface area (TPSA) is 28.2 Å². The summed E-state index contributed by atoms with van der Waals surface area (Å²) in [6.07, 6.45) is 4.69. The lowest BCUT2D eigenvalue weighted by Crippen LogP contribution is -2.59. The van der Waals surface area contributed by atoms with Gasteiger partial charge in [0.2, 0.25) is 0 Å². The SMILES string of the molecule is CC1(C2CC2)CN(Cc2cccc3cccnc23)CCN1. The molecule has 1 aromatic heterocycles. The quantitative estimate of drug-likeness (QED) is 0.937. The Labute approximate surface area is 126 Å². The van der Waals surface area contributed by atoms with Gasteiger partial charge < -0.3 is 5.32 Å². The minimum Gasteiger partial charge on any atom is -0.309 e. The maximum Gasteiger partial charge on any atom is 0.0746 e. The summed E-state index contributed by atoms with van der Waals surface area (Å²) in [4.78, 5) is 7.18. The highest BCUT2D eigenvalue weighted by Gasteiger charge is 2.43. The van der Waals surface area contributed by atoms with Crippen LogP contribution in [0.5, 0.6) is 0 Å². The molecule has 3 heteroatoms. The lowest BCUT2D eigenvalue weighted by atomic mass is 9.92. The fraction of sp³-hybridized carbons (Fsp3) is 0.500. The maximum atomic E-state index is 4.59. The molecule has 4 rings (SSSR count). The van der Waals surface area contributed by atoms with E-state index in [1.807, 2.05) is 12.3 Å². The monoisotopic (exact) mass is 281 g/mol. The predicted octanol–water partition coefficient (Wildman–Crippen LogP) is 2.81. The van der Waals surface area contributed by atoms with Crippen LogP contribution in [0.1, 0.15) is 25.3 Å². The Bertz CT molecular complexity index is 644. The molecule has 1 aliphatic carbocycles. The third-order valence-corrected chi connectivity index (χ3v) is 5.10. The van der Waals surface area contributed by atoms with Crippen molar-refractivity contribution in [3.63, 3.8) is 0 Å². The normalized spacial score (nSPS) is 27.1. The smallest absolute Gasteiger partial charge is 0.0746 e. The van der Waals surface area contributed by atoms with Crippen LogP contribution in [0.15, 0.2) is 36.5 Å². The van der Waals surface area contributed by atoms with E-state index >= 15 is 0 Å². The van der Waals surface area contributed by atoms with E-state index in [0.717, 1.165) is 37.6 Å². The number of aromatic nitrogens is 1. The summed E-state index contributed by atoms with van der Waals surface area (Å²) in [5.74, 6) is 0.881. The summed E-state index contributed by atoms with van der Waals surface area (Å²) < 4.78 is 0. The number of piperazine rings is 1. The minimum absolute atomic E-state index is 0.316. The van der Waals surface area contributed by atoms with E-state index in [1.165, 1.54) is 23.8 Å². The highest BCUT2D eigenvalue weighted by molar-refractivity contribution is 5.81. The van der Waals surface area contributed by atoms with Gasteiger partial charge in [-0.25, -0.2) is 0 Å². The van der Waals surface area contributed by atoms with Gasteiger partial charge in [0.15, 0.2) is 0 Å². The van der Waals surface area contributed by atoms with Crippen molar-refractivity contribution < 1.29 is 0 Å². The lowest BCUT2D eigenvalue weighted by Gasteiger charge is -2.42. The second-order valence-corrected chi connectivity index (χ2v) is 6.82. The Balaban J connectivity index is 1.57. The van der Waals surface area contributed by atoms with Crippen LogP contribution in [0.2, 0.25) is 0 Å². The fourth-order valence-corrected chi connectivity index (χ4v) is 3.76. The molecule has 21 heavy (non-hydrogen) atoms. The van der Waals surface area contributed by atoms with Crippen LogP contribution in [0, 0.1) is 5.92 Å². The van der Waals surface area contributed by atoms with Crippen molar-refractivity contribution in [3.05, 3.63) is 42.1 Å². The second kappa shape index (κ2) is 5.08. The summed E-state index contributed by atoms with van der Waals surface area (Å²) >= 11 is 0.